The van der Waals surface area contributed by atoms with Gasteiger partial charge in [0.15, 0.2) is 0 Å². The first-order valence-electron chi connectivity index (χ1n) is 22.8. The molecule has 0 aliphatic heterocycles. The Morgan fingerprint density at radius 1 is 0.420 bits per heavy atom. The van der Waals surface area contributed by atoms with Crippen molar-refractivity contribution in [2.75, 3.05) is 6.61 Å². The lowest BCUT2D eigenvalue weighted by Gasteiger charge is -2.23. The van der Waals surface area contributed by atoms with Crippen LogP contribution in [0.2, 0.25) is 0 Å². The normalized spacial score (nSPS) is 13.5. The minimum Gasteiger partial charge on any atom is -0.394 e. The van der Waals surface area contributed by atoms with Gasteiger partial charge >= 0.3 is 0 Å². The van der Waals surface area contributed by atoms with Gasteiger partial charge in [0.2, 0.25) is 5.91 Å². The molecule has 0 aliphatic carbocycles. The molecule has 3 unspecified atom stereocenters. The van der Waals surface area contributed by atoms with Crippen LogP contribution >= 0.6 is 0 Å². The number of hydrogen-bond donors (Lipinski definition) is 4. The van der Waals surface area contributed by atoms with Gasteiger partial charge in [0.25, 0.3) is 0 Å². The highest BCUT2D eigenvalue weighted by molar-refractivity contribution is 5.76. The number of aliphatic hydroxyl groups is 3. The fourth-order valence-corrected chi connectivity index (χ4v) is 7.41. The van der Waals surface area contributed by atoms with Gasteiger partial charge in [-0.2, -0.15) is 0 Å². The molecule has 3 atom stereocenters. The van der Waals surface area contributed by atoms with E-state index in [1.807, 2.05) is 0 Å². The number of hydrogen-bond acceptors (Lipinski definition) is 4. The molecule has 300 valence electrons. The largest absolute Gasteiger partial charge is 0.394 e. The Balaban J connectivity index is 3.50. The van der Waals surface area contributed by atoms with Gasteiger partial charge < -0.3 is 20.6 Å². The monoisotopic (exact) mass is 710 g/mol. The van der Waals surface area contributed by atoms with E-state index in [0.717, 1.165) is 25.7 Å². The summed E-state index contributed by atoms with van der Waals surface area (Å²) in [7, 11) is 0. The third-order valence-corrected chi connectivity index (χ3v) is 10.9. The third kappa shape index (κ3) is 37.1. The Hall–Kier alpha value is -0.650. The van der Waals surface area contributed by atoms with Crippen LogP contribution in [0.1, 0.15) is 258 Å². The Morgan fingerprint density at radius 2 is 0.680 bits per heavy atom. The molecule has 0 aromatic heterocycles. The van der Waals surface area contributed by atoms with Crippen molar-refractivity contribution < 1.29 is 20.1 Å². The molecule has 0 aromatic carbocycles. The first kappa shape index (κ1) is 49.4. The molecule has 0 saturated heterocycles. The van der Waals surface area contributed by atoms with Crippen molar-refractivity contribution in [1.29, 1.82) is 0 Å². The van der Waals surface area contributed by atoms with Crippen LogP contribution in [0.5, 0.6) is 0 Å². The molecule has 0 bridgehead atoms. The Morgan fingerprint density at radius 3 is 0.960 bits per heavy atom. The second-order valence-electron chi connectivity index (χ2n) is 16.0. The number of carbonyl (C=O) groups is 1. The number of aliphatic hydroxyl groups excluding tert-OH is 3. The molecule has 50 heavy (non-hydrogen) atoms. The number of nitrogens with one attached hydrogen (secondary N) is 1. The predicted molar refractivity (Wildman–Crippen MR) is 218 cm³/mol. The van der Waals surface area contributed by atoms with Gasteiger partial charge in [0, 0.05) is 0 Å². The molecule has 5 nitrogen and oxygen atoms in total. The molecule has 0 rings (SSSR count). The van der Waals surface area contributed by atoms with Crippen LogP contribution in [0.4, 0.5) is 0 Å². The van der Waals surface area contributed by atoms with Crippen LogP contribution < -0.4 is 5.32 Å². The molecule has 0 aromatic rings. The molecular formula is C45H91NO4. The first-order valence-corrected chi connectivity index (χ1v) is 22.8. The maximum Gasteiger partial charge on any atom is 0.222 e. The van der Waals surface area contributed by atoms with E-state index < -0.39 is 18.2 Å². The minimum absolute atomic E-state index is 0.0427. The molecule has 0 saturated carbocycles. The molecule has 0 fully saturated rings. The van der Waals surface area contributed by atoms with Crippen LogP contribution in [0.15, 0.2) is 0 Å². The first-order chi connectivity index (χ1) is 24.5. The maximum atomic E-state index is 12.4. The molecule has 1 amide bonds. The number of carbonyl (C=O) groups excluding carboxylic acids is 1. The van der Waals surface area contributed by atoms with Crippen molar-refractivity contribution in [2.24, 2.45) is 0 Å². The summed E-state index contributed by atoms with van der Waals surface area (Å²) in [5, 5.41) is 33.3. The molecule has 0 spiro atoms. The molecule has 4 N–H and O–H groups in total. The highest BCUT2D eigenvalue weighted by Gasteiger charge is 2.21. The summed E-state index contributed by atoms with van der Waals surface area (Å²) >= 11 is 0. The van der Waals surface area contributed by atoms with Crippen molar-refractivity contribution in [3.63, 3.8) is 0 Å². The number of rotatable bonds is 42. The van der Waals surface area contributed by atoms with Gasteiger partial charge in [-0.25, -0.2) is 0 Å². The summed E-state index contributed by atoms with van der Waals surface area (Å²) in [5.41, 5.74) is 0. The van der Waals surface area contributed by atoms with E-state index in [2.05, 4.69) is 19.2 Å². The molecule has 0 radical (unpaired) electrons. The lowest BCUT2D eigenvalue weighted by Crippen LogP contribution is -2.46. The van der Waals surface area contributed by atoms with Crippen LogP contribution in [0, 0.1) is 0 Å². The quantitative estimate of drug-likeness (QED) is 0.0475. The minimum atomic E-state index is -0.742. The second-order valence-corrected chi connectivity index (χ2v) is 16.0. The van der Waals surface area contributed by atoms with Crippen LogP contribution in [0.3, 0.4) is 0 Å². The van der Waals surface area contributed by atoms with Gasteiger partial charge in [-0.15, -0.1) is 0 Å². The van der Waals surface area contributed by atoms with E-state index in [1.54, 1.807) is 0 Å². The average Bonchev–Trinajstić information content (AvgIpc) is 3.11. The van der Waals surface area contributed by atoms with Gasteiger partial charge in [-0.3, -0.25) is 4.79 Å². The second kappa shape index (κ2) is 41.1. The van der Waals surface area contributed by atoms with Crippen molar-refractivity contribution in [3.8, 4) is 0 Å². The van der Waals surface area contributed by atoms with E-state index in [0.29, 0.717) is 12.8 Å². The summed E-state index contributed by atoms with van der Waals surface area (Å²) in [6.07, 6.45) is 46.6. The average molecular weight is 710 g/mol. The van der Waals surface area contributed by atoms with Crippen molar-refractivity contribution in [2.45, 2.75) is 276 Å². The lowest BCUT2D eigenvalue weighted by atomic mass is 10.0. The molecule has 5 heteroatoms. The summed E-state index contributed by atoms with van der Waals surface area (Å²) in [5.74, 6) is -0.279. The van der Waals surface area contributed by atoms with Crippen molar-refractivity contribution >= 4 is 5.91 Å². The standard InChI is InChI=1S/C45H91NO4/c1-3-5-7-9-11-13-15-16-17-18-19-20-21-22-23-24-25-26-27-29-30-32-34-36-38-42(48)40-45(50)46-43(41-47)44(49)39-37-35-33-31-28-14-12-10-8-6-4-2/h42-44,47-49H,3-41H2,1-2H3,(H,46,50). The van der Waals surface area contributed by atoms with Crippen LogP contribution in [-0.2, 0) is 4.79 Å². The molecular weight excluding hydrogens is 618 g/mol. The van der Waals surface area contributed by atoms with E-state index in [1.165, 1.54) is 199 Å². The highest BCUT2D eigenvalue weighted by atomic mass is 16.3. The van der Waals surface area contributed by atoms with Crippen molar-refractivity contribution in [3.05, 3.63) is 0 Å². The Labute approximate surface area is 313 Å². The fraction of sp³-hybridized carbons (Fsp3) is 0.978. The summed E-state index contributed by atoms with van der Waals surface area (Å²) in [6.45, 7) is 4.27. The topological polar surface area (TPSA) is 89.8 Å². The Bertz CT molecular complexity index is 659. The smallest absolute Gasteiger partial charge is 0.222 e. The predicted octanol–water partition coefficient (Wildman–Crippen LogP) is 13.0. The summed E-state index contributed by atoms with van der Waals surface area (Å²) in [6, 6.07) is -0.651. The van der Waals surface area contributed by atoms with E-state index in [-0.39, 0.29) is 18.9 Å². The zero-order chi connectivity index (χ0) is 36.6. The van der Waals surface area contributed by atoms with Crippen LogP contribution in [-0.4, -0.2) is 46.1 Å². The number of amides is 1. The zero-order valence-corrected chi connectivity index (χ0v) is 34.1. The summed E-state index contributed by atoms with van der Waals surface area (Å²) < 4.78 is 0. The van der Waals surface area contributed by atoms with Crippen molar-refractivity contribution in [1.82, 2.24) is 5.32 Å². The lowest BCUT2D eigenvalue weighted by molar-refractivity contribution is -0.125. The summed E-state index contributed by atoms with van der Waals surface area (Å²) in [4.78, 5) is 12.4. The van der Waals surface area contributed by atoms with E-state index in [9.17, 15) is 20.1 Å². The van der Waals surface area contributed by atoms with Crippen LogP contribution in [0.25, 0.3) is 0 Å². The molecule has 0 heterocycles. The molecule has 0 aliphatic rings. The fourth-order valence-electron chi connectivity index (χ4n) is 7.41. The number of unbranched alkanes of at least 4 members (excludes halogenated alkanes) is 33. The highest BCUT2D eigenvalue weighted by Crippen LogP contribution is 2.17. The van der Waals surface area contributed by atoms with Gasteiger partial charge in [0.1, 0.15) is 0 Å². The van der Waals surface area contributed by atoms with E-state index >= 15 is 0 Å². The van der Waals surface area contributed by atoms with Gasteiger partial charge in [-0.05, 0) is 12.8 Å². The SMILES string of the molecule is CCCCCCCCCCCCCCCCCCCCCCCCCCC(O)CC(=O)NC(CO)C(O)CCCCCCCCCCCCC. The van der Waals surface area contributed by atoms with Gasteiger partial charge in [0.05, 0.1) is 31.3 Å². The zero-order valence-electron chi connectivity index (χ0n) is 34.1. The Kier molecular flexibility index (Phi) is 40.6. The maximum absolute atomic E-state index is 12.4. The van der Waals surface area contributed by atoms with E-state index in [4.69, 9.17) is 0 Å². The van der Waals surface area contributed by atoms with Gasteiger partial charge in [-0.1, -0.05) is 239 Å². The third-order valence-electron chi connectivity index (χ3n) is 10.9.